The molecule has 0 saturated carbocycles. The Morgan fingerprint density at radius 1 is 1.23 bits per heavy atom. The van der Waals surface area contributed by atoms with Gasteiger partial charge < -0.3 is 14.8 Å². The van der Waals surface area contributed by atoms with Crippen molar-refractivity contribution in [3.63, 3.8) is 0 Å². The highest BCUT2D eigenvalue weighted by molar-refractivity contribution is 7.17. The zero-order valence-corrected chi connectivity index (χ0v) is 17.4. The average Bonchev–Trinajstić information content (AvgIpc) is 3.26. The summed E-state index contributed by atoms with van der Waals surface area (Å²) in [4.78, 5) is 48.2. The van der Waals surface area contributed by atoms with Crippen LogP contribution in [0.15, 0.2) is 18.2 Å². The van der Waals surface area contributed by atoms with Gasteiger partial charge in [0, 0.05) is 16.0 Å². The average molecular weight is 453 g/mol. The number of nitrogens with zero attached hydrogens (tertiary/aromatic N) is 1. The van der Waals surface area contributed by atoms with Crippen LogP contribution in [0.25, 0.3) is 0 Å². The number of halogens is 1. The van der Waals surface area contributed by atoms with Gasteiger partial charge in [0.1, 0.15) is 10.6 Å². The number of rotatable bonds is 7. The Kier molecular flexibility index (Phi) is 6.68. The Morgan fingerprint density at radius 2 is 2.00 bits per heavy atom. The fourth-order valence-corrected chi connectivity index (χ4v) is 4.58. The smallest absolute Gasteiger partial charge is 0.345 e. The molecule has 0 spiro atoms. The molecule has 1 aliphatic rings. The molecule has 1 N–H and O–H groups in total. The number of carbonyl (C=O) groups is 3. The molecular formula is C19H17ClN2O7S. The Morgan fingerprint density at radius 3 is 2.70 bits per heavy atom. The van der Waals surface area contributed by atoms with E-state index in [1.54, 1.807) is 6.92 Å². The van der Waals surface area contributed by atoms with Crippen molar-refractivity contribution in [3.8, 4) is 0 Å². The summed E-state index contributed by atoms with van der Waals surface area (Å²) in [5, 5.41) is 14.1. The van der Waals surface area contributed by atoms with Gasteiger partial charge in [0.05, 0.1) is 17.1 Å². The van der Waals surface area contributed by atoms with Crippen LogP contribution >= 0.6 is 22.9 Å². The summed E-state index contributed by atoms with van der Waals surface area (Å²) in [6.07, 6.45) is 2.47. The number of amides is 1. The summed E-state index contributed by atoms with van der Waals surface area (Å²) < 4.78 is 10.00. The van der Waals surface area contributed by atoms with E-state index in [9.17, 15) is 24.5 Å². The fraction of sp³-hybridized carbons (Fsp3) is 0.316. The highest BCUT2D eigenvalue weighted by Crippen LogP contribution is 2.39. The molecule has 30 heavy (non-hydrogen) atoms. The van der Waals surface area contributed by atoms with E-state index >= 15 is 0 Å². The Bertz CT molecular complexity index is 1030. The van der Waals surface area contributed by atoms with Gasteiger partial charge in [-0.15, -0.1) is 11.3 Å². The molecule has 0 fully saturated rings. The minimum Gasteiger partial charge on any atom is -0.462 e. The van der Waals surface area contributed by atoms with Crippen LogP contribution in [0.5, 0.6) is 0 Å². The minimum absolute atomic E-state index is 0.115. The van der Waals surface area contributed by atoms with Crippen LogP contribution in [0.3, 0.4) is 0 Å². The second-order valence-corrected chi connectivity index (χ2v) is 7.87. The predicted molar refractivity (Wildman–Crippen MR) is 109 cm³/mol. The van der Waals surface area contributed by atoms with E-state index in [1.165, 1.54) is 17.4 Å². The van der Waals surface area contributed by atoms with Gasteiger partial charge in [-0.3, -0.25) is 14.9 Å². The first-order chi connectivity index (χ1) is 14.3. The lowest BCUT2D eigenvalue weighted by molar-refractivity contribution is -0.385. The number of benzene rings is 1. The number of carbonyl (C=O) groups excluding carboxylic acids is 3. The number of esters is 2. The molecule has 9 nitrogen and oxygen atoms in total. The third-order valence-corrected chi connectivity index (χ3v) is 5.81. The number of hydrogen-bond donors (Lipinski definition) is 1. The van der Waals surface area contributed by atoms with Crippen molar-refractivity contribution in [2.75, 3.05) is 18.5 Å². The van der Waals surface area contributed by atoms with Gasteiger partial charge in [0.25, 0.3) is 11.6 Å². The zero-order valence-electron chi connectivity index (χ0n) is 15.9. The first-order valence-corrected chi connectivity index (χ1v) is 10.2. The molecular weight excluding hydrogens is 436 g/mol. The molecule has 0 bridgehead atoms. The lowest BCUT2D eigenvalue weighted by atomic mass is 10.1. The van der Waals surface area contributed by atoms with Crippen molar-refractivity contribution in [1.82, 2.24) is 0 Å². The quantitative estimate of drug-likeness (QED) is 0.385. The van der Waals surface area contributed by atoms with Crippen molar-refractivity contribution in [2.45, 2.75) is 26.2 Å². The first-order valence-electron chi connectivity index (χ1n) is 9.04. The molecule has 0 radical (unpaired) electrons. The van der Waals surface area contributed by atoms with Crippen LogP contribution in [-0.4, -0.2) is 36.0 Å². The summed E-state index contributed by atoms with van der Waals surface area (Å²) in [5.74, 6) is -2.25. The van der Waals surface area contributed by atoms with Crippen LogP contribution in [-0.2, 0) is 27.1 Å². The first kappa shape index (κ1) is 21.7. The Labute approximate surface area is 180 Å². The molecule has 11 heteroatoms. The van der Waals surface area contributed by atoms with Gasteiger partial charge in [0.15, 0.2) is 6.61 Å². The van der Waals surface area contributed by atoms with E-state index < -0.39 is 35.1 Å². The van der Waals surface area contributed by atoms with Gasteiger partial charge in [-0.2, -0.15) is 0 Å². The maximum absolute atomic E-state index is 12.3. The molecule has 0 unspecified atom stereocenters. The molecule has 3 rings (SSSR count). The lowest BCUT2D eigenvalue weighted by Gasteiger charge is -2.09. The Balaban J connectivity index is 1.70. The summed E-state index contributed by atoms with van der Waals surface area (Å²) in [7, 11) is 0. The number of hydrogen-bond acceptors (Lipinski definition) is 8. The molecule has 1 heterocycles. The van der Waals surface area contributed by atoms with E-state index in [1.807, 2.05) is 0 Å². The number of nitrogens with one attached hydrogen (secondary N) is 1. The summed E-state index contributed by atoms with van der Waals surface area (Å²) >= 11 is 7.08. The van der Waals surface area contributed by atoms with Crippen molar-refractivity contribution < 1.29 is 28.8 Å². The lowest BCUT2D eigenvalue weighted by Crippen LogP contribution is -2.22. The topological polar surface area (TPSA) is 125 Å². The highest BCUT2D eigenvalue weighted by atomic mass is 35.5. The number of ether oxygens (including phenoxy) is 2. The van der Waals surface area contributed by atoms with Crippen molar-refractivity contribution in [1.29, 1.82) is 0 Å². The normalized spacial score (nSPS) is 12.2. The number of anilines is 1. The largest absolute Gasteiger partial charge is 0.462 e. The third kappa shape index (κ3) is 4.60. The molecule has 1 aromatic heterocycles. The van der Waals surface area contributed by atoms with Crippen molar-refractivity contribution in [2.24, 2.45) is 0 Å². The number of nitro benzene ring substituents is 1. The van der Waals surface area contributed by atoms with Crippen molar-refractivity contribution >= 4 is 51.5 Å². The summed E-state index contributed by atoms with van der Waals surface area (Å²) in [6.45, 7) is 1.21. The standard InChI is InChI=1S/C19H17ClN2O7S/c1-2-28-19(25)16-11-4-3-5-14(11)30-17(16)21-15(23)9-29-18(24)12-8-10(20)6-7-13(12)22(26)27/h6-8H,2-5,9H2,1H3,(H,21,23). The molecule has 1 aliphatic carbocycles. The number of fused-ring (bicyclic) bond motifs is 1. The van der Waals surface area contributed by atoms with Crippen LogP contribution in [0.4, 0.5) is 10.7 Å². The second kappa shape index (κ2) is 9.23. The molecule has 1 aromatic carbocycles. The van der Waals surface area contributed by atoms with E-state index in [2.05, 4.69) is 5.32 Å². The minimum atomic E-state index is -1.06. The van der Waals surface area contributed by atoms with E-state index in [0.717, 1.165) is 41.8 Å². The number of thiophene rings is 1. The monoisotopic (exact) mass is 452 g/mol. The fourth-order valence-electron chi connectivity index (χ4n) is 3.11. The van der Waals surface area contributed by atoms with Gasteiger partial charge in [-0.05, 0) is 43.9 Å². The molecule has 0 aliphatic heterocycles. The van der Waals surface area contributed by atoms with Gasteiger partial charge >= 0.3 is 11.9 Å². The van der Waals surface area contributed by atoms with E-state index in [4.69, 9.17) is 21.1 Å². The molecule has 0 atom stereocenters. The van der Waals surface area contributed by atoms with Crippen molar-refractivity contribution in [3.05, 3.63) is 54.9 Å². The second-order valence-electron chi connectivity index (χ2n) is 6.32. The molecule has 0 saturated heterocycles. The maximum Gasteiger partial charge on any atom is 0.345 e. The van der Waals surface area contributed by atoms with Gasteiger partial charge in [-0.1, -0.05) is 11.6 Å². The zero-order chi connectivity index (χ0) is 21.8. The molecule has 2 aromatic rings. The SMILES string of the molecule is CCOC(=O)c1c(NC(=O)COC(=O)c2cc(Cl)ccc2[N+](=O)[O-])sc2c1CCC2. The Hall–Kier alpha value is -2.98. The number of aryl methyl sites for hydroxylation is 1. The predicted octanol–water partition coefficient (Wildman–Crippen LogP) is 3.77. The van der Waals surface area contributed by atoms with E-state index in [0.29, 0.717) is 10.6 Å². The highest BCUT2D eigenvalue weighted by Gasteiger charge is 2.29. The number of nitro groups is 1. The summed E-state index contributed by atoms with van der Waals surface area (Å²) in [6, 6.07) is 3.45. The van der Waals surface area contributed by atoms with Crippen LogP contribution in [0.2, 0.25) is 5.02 Å². The van der Waals surface area contributed by atoms with E-state index in [-0.39, 0.29) is 17.2 Å². The van der Waals surface area contributed by atoms with Crippen LogP contribution in [0.1, 0.15) is 44.5 Å². The third-order valence-electron chi connectivity index (χ3n) is 4.36. The van der Waals surface area contributed by atoms with Crippen LogP contribution < -0.4 is 5.32 Å². The maximum atomic E-state index is 12.3. The summed E-state index contributed by atoms with van der Waals surface area (Å²) in [5.41, 5.74) is 0.367. The van der Waals surface area contributed by atoms with Gasteiger partial charge in [0.2, 0.25) is 0 Å². The molecule has 158 valence electrons. The van der Waals surface area contributed by atoms with Crippen LogP contribution in [0, 0.1) is 10.1 Å². The molecule has 1 amide bonds. The van der Waals surface area contributed by atoms with Gasteiger partial charge in [-0.25, -0.2) is 9.59 Å².